The second-order valence-corrected chi connectivity index (χ2v) is 7.79. The lowest BCUT2D eigenvalue weighted by Crippen LogP contribution is -2.54. The minimum Gasteiger partial charge on any atom is -0.496 e. The highest BCUT2D eigenvalue weighted by molar-refractivity contribution is 9.10. The van der Waals surface area contributed by atoms with Crippen molar-refractivity contribution in [3.05, 3.63) is 68.2 Å². The summed E-state index contributed by atoms with van der Waals surface area (Å²) in [5.41, 5.74) is 0.645. The molecule has 1 N–H and O–H groups in total. The van der Waals surface area contributed by atoms with Gasteiger partial charge in [0.15, 0.2) is 5.54 Å². The number of para-hydroxylation sites is 1. The highest BCUT2D eigenvalue weighted by atomic mass is 79.9. The number of likely N-dealkylation sites (N-methyl/N-ethyl adjacent to an activating group) is 1. The molecule has 27 heavy (non-hydrogen) atoms. The van der Waals surface area contributed by atoms with Gasteiger partial charge in [-0.3, -0.25) is 19.8 Å². The van der Waals surface area contributed by atoms with Gasteiger partial charge in [0.05, 0.1) is 13.0 Å². The standard InChI is InChI=1S/C19H18BrN3O4/c1-22-10-13(12-9-11(20)7-8-16(12)27-2)17(23(25)26)19(22)14-5-3-4-6-15(14)21-18(19)24/h3-9,13,17H,10H2,1-2H3,(H,21,24)/t13-,17-,19-/m0/s1. The van der Waals surface area contributed by atoms with E-state index in [0.29, 0.717) is 23.5 Å². The number of hydrogen-bond donors (Lipinski definition) is 1. The molecule has 3 atom stereocenters. The number of nitrogens with one attached hydrogen (secondary N) is 1. The van der Waals surface area contributed by atoms with E-state index in [1.807, 2.05) is 18.2 Å². The number of anilines is 1. The molecular weight excluding hydrogens is 414 g/mol. The molecule has 1 amide bonds. The Morgan fingerprint density at radius 1 is 1.33 bits per heavy atom. The van der Waals surface area contributed by atoms with Crippen LogP contribution in [0.15, 0.2) is 46.9 Å². The summed E-state index contributed by atoms with van der Waals surface area (Å²) in [7, 11) is 3.31. The van der Waals surface area contributed by atoms with Crippen molar-refractivity contribution in [1.82, 2.24) is 4.90 Å². The minimum absolute atomic E-state index is 0.323. The van der Waals surface area contributed by atoms with E-state index in [9.17, 15) is 14.9 Å². The molecular formula is C19H18BrN3O4. The third kappa shape index (κ3) is 2.40. The smallest absolute Gasteiger partial charge is 0.256 e. The predicted octanol–water partition coefficient (Wildman–Crippen LogP) is 2.98. The van der Waals surface area contributed by atoms with Gasteiger partial charge in [-0.25, -0.2) is 0 Å². The molecule has 0 radical (unpaired) electrons. The Hall–Kier alpha value is -2.45. The van der Waals surface area contributed by atoms with Gasteiger partial charge in [0.1, 0.15) is 5.75 Å². The van der Waals surface area contributed by atoms with Crippen LogP contribution in [0.25, 0.3) is 0 Å². The summed E-state index contributed by atoms with van der Waals surface area (Å²) < 4.78 is 6.27. The molecule has 2 aliphatic rings. The van der Waals surface area contributed by atoms with Crippen molar-refractivity contribution in [2.75, 3.05) is 26.0 Å². The van der Waals surface area contributed by atoms with Gasteiger partial charge in [0.2, 0.25) is 0 Å². The Kier molecular flexibility index (Phi) is 4.20. The number of nitrogens with zero attached hydrogens (tertiary/aromatic N) is 2. The van der Waals surface area contributed by atoms with Gasteiger partial charge in [0, 0.05) is 32.8 Å². The van der Waals surface area contributed by atoms with E-state index in [4.69, 9.17) is 4.74 Å². The van der Waals surface area contributed by atoms with Crippen LogP contribution >= 0.6 is 15.9 Å². The highest BCUT2D eigenvalue weighted by Gasteiger charge is 2.68. The third-order valence-corrected chi connectivity index (χ3v) is 6.13. The van der Waals surface area contributed by atoms with Gasteiger partial charge in [-0.15, -0.1) is 0 Å². The molecule has 1 saturated heterocycles. The first-order valence-electron chi connectivity index (χ1n) is 8.50. The van der Waals surface area contributed by atoms with E-state index in [1.165, 1.54) is 0 Å². The van der Waals surface area contributed by atoms with Gasteiger partial charge < -0.3 is 10.1 Å². The van der Waals surface area contributed by atoms with Crippen molar-refractivity contribution >= 4 is 27.5 Å². The zero-order chi connectivity index (χ0) is 19.3. The van der Waals surface area contributed by atoms with Crippen LogP contribution in [0, 0.1) is 10.1 Å². The van der Waals surface area contributed by atoms with Crippen LogP contribution in [-0.4, -0.2) is 42.5 Å². The van der Waals surface area contributed by atoms with Crippen molar-refractivity contribution in [2.24, 2.45) is 0 Å². The first-order valence-corrected chi connectivity index (χ1v) is 9.29. The number of ether oxygens (including phenoxy) is 1. The van der Waals surface area contributed by atoms with E-state index in [0.717, 1.165) is 10.0 Å². The summed E-state index contributed by atoms with van der Waals surface area (Å²) >= 11 is 3.44. The molecule has 2 aliphatic heterocycles. The van der Waals surface area contributed by atoms with Crippen molar-refractivity contribution in [1.29, 1.82) is 0 Å². The Balaban J connectivity index is 1.93. The largest absolute Gasteiger partial charge is 0.496 e. The lowest BCUT2D eigenvalue weighted by atomic mass is 9.79. The van der Waals surface area contributed by atoms with Gasteiger partial charge in [-0.2, -0.15) is 0 Å². The number of benzene rings is 2. The number of methoxy groups -OCH3 is 1. The zero-order valence-corrected chi connectivity index (χ0v) is 16.4. The van der Waals surface area contributed by atoms with Crippen molar-refractivity contribution in [3.63, 3.8) is 0 Å². The second-order valence-electron chi connectivity index (χ2n) is 6.87. The van der Waals surface area contributed by atoms with E-state index in [2.05, 4.69) is 21.2 Å². The van der Waals surface area contributed by atoms with Gasteiger partial charge >= 0.3 is 0 Å². The molecule has 0 unspecified atom stereocenters. The number of nitro groups is 1. The molecule has 2 heterocycles. The summed E-state index contributed by atoms with van der Waals surface area (Å²) in [4.78, 5) is 26.8. The summed E-state index contributed by atoms with van der Waals surface area (Å²) in [6.45, 7) is 0.361. The van der Waals surface area contributed by atoms with E-state index in [1.54, 1.807) is 43.3 Å². The topological polar surface area (TPSA) is 84.7 Å². The first-order chi connectivity index (χ1) is 12.9. The molecule has 1 fully saturated rings. The molecule has 0 bridgehead atoms. The maximum absolute atomic E-state index is 13.1. The van der Waals surface area contributed by atoms with Crippen LogP contribution in [-0.2, 0) is 10.3 Å². The van der Waals surface area contributed by atoms with Gasteiger partial charge in [-0.05, 0) is 31.3 Å². The maximum Gasteiger partial charge on any atom is 0.256 e. The van der Waals surface area contributed by atoms with Crippen LogP contribution in [0.1, 0.15) is 17.0 Å². The summed E-state index contributed by atoms with van der Waals surface area (Å²) in [6, 6.07) is 11.5. The fourth-order valence-electron chi connectivity index (χ4n) is 4.56. The Morgan fingerprint density at radius 2 is 2.07 bits per heavy atom. The van der Waals surface area contributed by atoms with E-state index < -0.39 is 17.5 Å². The molecule has 140 valence electrons. The van der Waals surface area contributed by atoms with Crippen molar-refractivity contribution in [3.8, 4) is 5.75 Å². The van der Waals surface area contributed by atoms with E-state index in [-0.39, 0.29) is 10.8 Å². The number of amides is 1. The quantitative estimate of drug-likeness (QED) is 0.596. The first kappa shape index (κ1) is 17.9. The SMILES string of the molecule is COc1ccc(Br)cc1[C@@H]1CN(C)[C@]2(C(=O)Nc3ccccc32)[C@H]1[N+](=O)[O-]. The zero-order valence-electron chi connectivity index (χ0n) is 14.8. The molecule has 0 saturated carbocycles. The number of carbonyl (C=O) groups is 1. The maximum atomic E-state index is 13.1. The fraction of sp³-hybridized carbons (Fsp3) is 0.316. The molecule has 1 spiro atoms. The number of carbonyl (C=O) groups excluding carboxylic acids is 1. The van der Waals surface area contributed by atoms with Crippen LogP contribution in [0.3, 0.4) is 0 Å². The molecule has 0 aromatic heterocycles. The fourth-order valence-corrected chi connectivity index (χ4v) is 4.93. The molecule has 0 aliphatic carbocycles. The number of rotatable bonds is 3. The summed E-state index contributed by atoms with van der Waals surface area (Å²) in [6.07, 6.45) is 0. The number of hydrogen-bond acceptors (Lipinski definition) is 5. The van der Waals surface area contributed by atoms with Gasteiger partial charge in [-0.1, -0.05) is 34.1 Å². The average Bonchev–Trinajstić information content (AvgIpc) is 3.11. The second kappa shape index (κ2) is 6.31. The molecule has 2 aromatic carbocycles. The summed E-state index contributed by atoms with van der Waals surface area (Å²) in [5, 5.41) is 15.1. The Bertz CT molecular complexity index is 950. The van der Waals surface area contributed by atoms with Crippen LogP contribution in [0.4, 0.5) is 5.69 Å². The van der Waals surface area contributed by atoms with Crippen LogP contribution < -0.4 is 10.1 Å². The number of likely N-dealkylation sites (tertiary alicyclic amines) is 1. The monoisotopic (exact) mass is 431 g/mol. The van der Waals surface area contributed by atoms with Crippen molar-refractivity contribution in [2.45, 2.75) is 17.5 Å². The molecule has 7 nitrogen and oxygen atoms in total. The molecule has 2 aromatic rings. The van der Waals surface area contributed by atoms with Crippen LogP contribution in [0.5, 0.6) is 5.75 Å². The third-order valence-electron chi connectivity index (χ3n) is 5.63. The Morgan fingerprint density at radius 3 is 2.78 bits per heavy atom. The Labute approximate surface area is 164 Å². The van der Waals surface area contributed by atoms with E-state index >= 15 is 0 Å². The molecule has 8 heteroatoms. The van der Waals surface area contributed by atoms with Gasteiger partial charge in [0.25, 0.3) is 11.9 Å². The lowest BCUT2D eigenvalue weighted by molar-refractivity contribution is -0.534. The van der Waals surface area contributed by atoms with Crippen LogP contribution in [0.2, 0.25) is 0 Å². The molecule has 4 rings (SSSR count). The highest BCUT2D eigenvalue weighted by Crippen LogP contribution is 2.53. The normalized spacial score (nSPS) is 26.9. The summed E-state index contributed by atoms with van der Waals surface area (Å²) in [5.74, 6) is -0.286. The number of fused-ring (bicyclic) bond motifs is 2. The number of halogens is 1. The lowest BCUT2D eigenvalue weighted by Gasteiger charge is -2.30. The van der Waals surface area contributed by atoms with Crippen molar-refractivity contribution < 1.29 is 14.5 Å². The minimum atomic E-state index is -1.35. The predicted molar refractivity (Wildman–Crippen MR) is 104 cm³/mol. The average molecular weight is 432 g/mol.